The standard InChI is InChI=1S/C29H30ClF3N2O3/c30-26-12-8-24(9-13-26)27(38-20-23-6-10-25(11-7-23)29(31,32)33)18-34-14-16-35(17-15-34)28(36)21-37-19-22-4-2-1-3-5-22/h1-13,27H,14-21H2/t27-/m0/s1. The minimum Gasteiger partial charge on any atom is -0.368 e. The van der Waals surface area contributed by atoms with E-state index in [4.69, 9.17) is 21.1 Å². The smallest absolute Gasteiger partial charge is 0.368 e. The van der Waals surface area contributed by atoms with Gasteiger partial charge in [0, 0.05) is 37.7 Å². The summed E-state index contributed by atoms with van der Waals surface area (Å²) < 4.78 is 50.4. The van der Waals surface area contributed by atoms with Crippen molar-refractivity contribution in [1.82, 2.24) is 9.80 Å². The van der Waals surface area contributed by atoms with Crippen LogP contribution in [0.1, 0.15) is 28.4 Å². The van der Waals surface area contributed by atoms with Gasteiger partial charge in [0.1, 0.15) is 6.61 Å². The molecule has 0 N–H and O–H groups in total. The summed E-state index contributed by atoms with van der Waals surface area (Å²) in [4.78, 5) is 16.6. The molecule has 1 atom stereocenters. The van der Waals surface area contributed by atoms with E-state index in [1.54, 1.807) is 12.1 Å². The molecule has 0 spiro atoms. The van der Waals surface area contributed by atoms with Crippen molar-refractivity contribution in [2.24, 2.45) is 0 Å². The molecule has 0 unspecified atom stereocenters. The van der Waals surface area contributed by atoms with Crippen LogP contribution >= 0.6 is 11.6 Å². The first kappa shape index (κ1) is 28.1. The van der Waals surface area contributed by atoms with Gasteiger partial charge in [-0.1, -0.05) is 66.2 Å². The maximum atomic E-state index is 12.9. The average Bonchev–Trinajstić information content (AvgIpc) is 2.92. The molecule has 4 rings (SSSR count). The third-order valence-electron chi connectivity index (χ3n) is 6.46. The fourth-order valence-corrected chi connectivity index (χ4v) is 4.38. The molecule has 1 fully saturated rings. The zero-order chi connectivity index (χ0) is 27.0. The lowest BCUT2D eigenvalue weighted by atomic mass is 10.1. The second kappa shape index (κ2) is 13.2. The minimum absolute atomic E-state index is 0.0339. The Hall–Kier alpha value is -2.91. The SMILES string of the molecule is O=C(COCc1ccccc1)N1CCN(C[C@H](OCc2ccc(C(F)(F)F)cc2)c2ccc(Cl)cc2)CC1. The van der Waals surface area contributed by atoms with Crippen molar-refractivity contribution in [2.45, 2.75) is 25.5 Å². The predicted octanol–water partition coefficient (Wildman–Crippen LogP) is 5.98. The van der Waals surface area contributed by atoms with Crippen LogP contribution in [0, 0.1) is 0 Å². The Morgan fingerprint density at radius 1 is 0.842 bits per heavy atom. The number of piperazine rings is 1. The van der Waals surface area contributed by atoms with Crippen molar-refractivity contribution in [2.75, 3.05) is 39.3 Å². The molecule has 3 aromatic rings. The van der Waals surface area contributed by atoms with E-state index in [-0.39, 0.29) is 25.2 Å². The molecule has 1 saturated heterocycles. The van der Waals surface area contributed by atoms with Crippen LogP contribution in [0.4, 0.5) is 13.2 Å². The average molecular weight is 547 g/mol. The number of amides is 1. The Morgan fingerprint density at radius 2 is 1.47 bits per heavy atom. The summed E-state index contributed by atoms with van der Waals surface area (Å²) in [6.45, 7) is 3.71. The van der Waals surface area contributed by atoms with E-state index in [1.165, 1.54) is 12.1 Å². The molecular formula is C29H30ClF3N2O3. The Kier molecular flexibility index (Phi) is 9.80. The van der Waals surface area contributed by atoms with E-state index in [0.29, 0.717) is 49.9 Å². The highest BCUT2D eigenvalue weighted by molar-refractivity contribution is 6.30. The molecule has 202 valence electrons. The lowest BCUT2D eigenvalue weighted by molar-refractivity contribution is -0.139. The zero-order valence-corrected chi connectivity index (χ0v) is 21.6. The Bertz CT molecular complexity index is 1150. The summed E-state index contributed by atoms with van der Waals surface area (Å²) in [5.74, 6) is -0.0339. The van der Waals surface area contributed by atoms with Crippen LogP contribution < -0.4 is 0 Å². The molecule has 1 aliphatic heterocycles. The number of benzene rings is 3. The van der Waals surface area contributed by atoms with E-state index in [0.717, 1.165) is 23.3 Å². The van der Waals surface area contributed by atoms with Gasteiger partial charge in [-0.2, -0.15) is 13.2 Å². The van der Waals surface area contributed by atoms with Crippen LogP contribution in [0.25, 0.3) is 0 Å². The monoisotopic (exact) mass is 546 g/mol. The van der Waals surface area contributed by atoms with E-state index in [2.05, 4.69) is 4.90 Å². The van der Waals surface area contributed by atoms with Gasteiger partial charge in [0.25, 0.3) is 0 Å². The molecule has 1 aliphatic rings. The first-order chi connectivity index (χ1) is 18.3. The number of nitrogens with zero attached hydrogens (tertiary/aromatic N) is 2. The van der Waals surface area contributed by atoms with Crippen molar-refractivity contribution in [3.05, 3.63) is 106 Å². The van der Waals surface area contributed by atoms with Crippen LogP contribution in [0.5, 0.6) is 0 Å². The van der Waals surface area contributed by atoms with Crippen molar-refractivity contribution in [3.63, 3.8) is 0 Å². The van der Waals surface area contributed by atoms with Gasteiger partial charge in [0.2, 0.25) is 5.91 Å². The number of ether oxygens (including phenoxy) is 2. The Labute approximate surface area is 225 Å². The highest BCUT2D eigenvalue weighted by Gasteiger charge is 2.30. The lowest BCUT2D eigenvalue weighted by Gasteiger charge is -2.36. The Balaban J connectivity index is 1.29. The molecule has 38 heavy (non-hydrogen) atoms. The predicted molar refractivity (Wildman–Crippen MR) is 140 cm³/mol. The van der Waals surface area contributed by atoms with E-state index < -0.39 is 11.7 Å². The third kappa shape index (κ3) is 8.30. The van der Waals surface area contributed by atoms with Crippen LogP contribution in [0.3, 0.4) is 0 Å². The Morgan fingerprint density at radius 3 is 2.11 bits per heavy atom. The summed E-state index contributed by atoms with van der Waals surface area (Å²) in [7, 11) is 0. The summed E-state index contributed by atoms with van der Waals surface area (Å²) >= 11 is 6.06. The van der Waals surface area contributed by atoms with Gasteiger partial charge in [-0.3, -0.25) is 9.69 Å². The summed E-state index contributed by atoms with van der Waals surface area (Å²) in [6.07, 6.45) is -4.69. The highest BCUT2D eigenvalue weighted by Crippen LogP contribution is 2.30. The molecule has 0 aliphatic carbocycles. The summed E-state index contributed by atoms with van der Waals surface area (Å²) in [5, 5.41) is 0.608. The number of carbonyl (C=O) groups is 1. The highest BCUT2D eigenvalue weighted by atomic mass is 35.5. The molecule has 3 aromatic carbocycles. The van der Waals surface area contributed by atoms with Gasteiger partial charge in [0.05, 0.1) is 24.9 Å². The first-order valence-electron chi connectivity index (χ1n) is 12.4. The maximum Gasteiger partial charge on any atom is 0.416 e. The normalized spacial score (nSPS) is 15.4. The molecule has 0 bridgehead atoms. The first-order valence-corrected chi connectivity index (χ1v) is 12.8. The molecule has 0 saturated carbocycles. The molecule has 5 nitrogen and oxygen atoms in total. The van der Waals surface area contributed by atoms with Crippen LogP contribution in [0.15, 0.2) is 78.9 Å². The van der Waals surface area contributed by atoms with Crippen molar-refractivity contribution in [3.8, 4) is 0 Å². The quantitative estimate of drug-likeness (QED) is 0.314. The van der Waals surface area contributed by atoms with Gasteiger partial charge >= 0.3 is 6.18 Å². The van der Waals surface area contributed by atoms with Crippen molar-refractivity contribution in [1.29, 1.82) is 0 Å². The van der Waals surface area contributed by atoms with Gasteiger partial charge in [-0.15, -0.1) is 0 Å². The minimum atomic E-state index is -4.37. The summed E-state index contributed by atoms with van der Waals surface area (Å²) in [6, 6.07) is 22.1. The number of carbonyl (C=O) groups excluding carboxylic acids is 1. The second-order valence-corrected chi connectivity index (χ2v) is 9.64. The number of rotatable bonds is 10. The van der Waals surface area contributed by atoms with Crippen LogP contribution in [0.2, 0.25) is 5.02 Å². The fourth-order valence-electron chi connectivity index (χ4n) is 4.25. The fraction of sp³-hybridized carbons (Fsp3) is 0.345. The van der Waals surface area contributed by atoms with E-state index in [1.807, 2.05) is 47.4 Å². The topological polar surface area (TPSA) is 42.0 Å². The maximum absolute atomic E-state index is 12.9. The van der Waals surface area contributed by atoms with Gasteiger partial charge in [-0.25, -0.2) is 0 Å². The van der Waals surface area contributed by atoms with Crippen LogP contribution in [-0.4, -0.2) is 55.0 Å². The van der Waals surface area contributed by atoms with Gasteiger partial charge in [-0.05, 0) is 41.0 Å². The zero-order valence-electron chi connectivity index (χ0n) is 20.9. The van der Waals surface area contributed by atoms with E-state index in [9.17, 15) is 18.0 Å². The third-order valence-corrected chi connectivity index (χ3v) is 6.71. The molecular weight excluding hydrogens is 517 g/mol. The summed E-state index contributed by atoms with van der Waals surface area (Å²) in [5.41, 5.74) is 1.92. The van der Waals surface area contributed by atoms with Crippen molar-refractivity contribution >= 4 is 17.5 Å². The number of hydrogen-bond donors (Lipinski definition) is 0. The molecule has 1 heterocycles. The largest absolute Gasteiger partial charge is 0.416 e. The molecule has 0 aromatic heterocycles. The van der Waals surface area contributed by atoms with E-state index >= 15 is 0 Å². The second-order valence-electron chi connectivity index (χ2n) is 9.21. The van der Waals surface area contributed by atoms with Gasteiger partial charge in [0.15, 0.2) is 0 Å². The number of halogens is 4. The lowest BCUT2D eigenvalue weighted by Crippen LogP contribution is -2.50. The number of alkyl halides is 3. The van der Waals surface area contributed by atoms with Crippen molar-refractivity contribution < 1.29 is 27.4 Å². The van der Waals surface area contributed by atoms with Gasteiger partial charge < -0.3 is 14.4 Å². The molecule has 1 amide bonds. The van der Waals surface area contributed by atoms with Crippen LogP contribution in [-0.2, 0) is 33.7 Å². The molecule has 9 heteroatoms. The number of hydrogen-bond acceptors (Lipinski definition) is 4. The molecule has 0 radical (unpaired) electrons.